The molecule has 0 saturated carbocycles. The quantitative estimate of drug-likeness (QED) is 0.813. The lowest BCUT2D eigenvalue weighted by Gasteiger charge is -2.06. The molecule has 0 saturated heterocycles. The first-order valence-corrected chi connectivity index (χ1v) is 7.59. The molecule has 5 heteroatoms. The van der Waals surface area contributed by atoms with Gasteiger partial charge in [0, 0.05) is 5.38 Å². The number of thiazole rings is 1. The van der Waals surface area contributed by atoms with Crippen LogP contribution in [0.5, 0.6) is 11.5 Å². The summed E-state index contributed by atoms with van der Waals surface area (Å²) in [5, 5.41) is 11.9. The zero-order valence-electron chi connectivity index (χ0n) is 11.5. The molecule has 0 fully saturated rings. The monoisotopic (exact) mass is 293 g/mol. The van der Waals surface area contributed by atoms with E-state index in [1.54, 1.807) is 11.3 Å². The van der Waals surface area contributed by atoms with Gasteiger partial charge in [0.2, 0.25) is 0 Å². The van der Waals surface area contributed by atoms with Crippen molar-refractivity contribution in [2.75, 3.05) is 13.2 Å². The van der Waals surface area contributed by atoms with Crippen molar-refractivity contribution in [2.45, 2.75) is 26.4 Å². The highest BCUT2D eigenvalue weighted by molar-refractivity contribution is 7.09. The number of hydrogen-bond acceptors (Lipinski definition) is 5. The van der Waals surface area contributed by atoms with E-state index in [9.17, 15) is 0 Å². The first-order valence-electron chi connectivity index (χ1n) is 6.71. The molecule has 0 aliphatic rings. The van der Waals surface area contributed by atoms with E-state index in [0.29, 0.717) is 13.2 Å². The van der Waals surface area contributed by atoms with Crippen molar-refractivity contribution in [1.82, 2.24) is 4.98 Å². The van der Waals surface area contributed by atoms with E-state index < -0.39 is 0 Å². The van der Waals surface area contributed by atoms with Crippen molar-refractivity contribution in [3.05, 3.63) is 40.3 Å². The van der Waals surface area contributed by atoms with Crippen molar-refractivity contribution in [2.24, 2.45) is 0 Å². The molecule has 1 heterocycles. The van der Waals surface area contributed by atoms with Gasteiger partial charge in [-0.1, -0.05) is 6.92 Å². The summed E-state index contributed by atoms with van der Waals surface area (Å²) >= 11 is 1.69. The van der Waals surface area contributed by atoms with Crippen LogP contribution in [0.1, 0.15) is 24.0 Å². The molecule has 1 aromatic heterocycles. The Labute approximate surface area is 123 Å². The Kier molecular flexibility index (Phi) is 5.83. The molecule has 2 rings (SSSR count). The first-order chi connectivity index (χ1) is 9.81. The van der Waals surface area contributed by atoms with Gasteiger partial charge in [-0.3, -0.25) is 0 Å². The zero-order valence-corrected chi connectivity index (χ0v) is 12.4. The molecule has 0 amide bonds. The molecular weight excluding hydrogens is 274 g/mol. The topological polar surface area (TPSA) is 51.6 Å². The molecule has 0 unspecified atom stereocenters. The van der Waals surface area contributed by atoms with Gasteiger partial charge in [0.1, 0.15) is 24.7 Å². The summed E-state index contributed by atoms with van der Waals surface area (Å²) in [4.78, 5) is 4.51. The summed E-state index contributed by atoms with van der Waals surface area (Å²) in [5.74, 6) is 1.51. The molecule has 1 N–H and O–H groups in total. The fourth-order valence-electron chi connectivity index (χ4n) is 1.70. The second-order valence-electron chi connectivity index (χ2n) is 4.31. The van der Waals surface area contributed by atoms with E-state index in [0.717, 1.165) is 30.0 Å². The minimum Gasteiger partial charge on any atom is -0.491 e. The second-order valence-corrected chi connectivity index (χ2v) is 5.26. The number of aryl methyl sites for hydroxylation is 1. The van der Waals surface area contributed by atoms with Gasteiger partial charge in [-0.05, 0) is 37.1 Å². The second kappa shape index (κ2) is 7.87. The average Bonchev–Trinajstić information content (AvgIpc) is 2.92. The number of aliphatic hydroxyl groups is 1. The van der Waals surface area contributed by atoms with Crippen LogP contribution in [-0.4, -0.2) is 23.3 Å². The maximum Gasteiger partial charge on any atom is 0.131 e. The van der Waals surface area contributed by atoms with Crippen LogP contribution >= 0.6 is 11.3 Å². The van der Waals surface area contributed by atoms with Crippen LogP contribution in [0, 0.1) is 0 Å². The van der Waals surface area contributed by atoms with E-state index in [4.69, 9.17) is 14.6 Å². The van der Waals surface area contributed by atoms with Gasteiger partial charge in [0.05, 0.1) is 17.3 Å². The van der Waals surface area contributed by atoms with Crippen molar-refractivity contribution in [1.29, 1.82) is 0 Å². The number of benzene rings is 1. The van der Waals surface area contributed by atoms with Gasteiger partial charge >= 0.3 is 0 Å². The molecule has 0 radical (unpaired) electrons. The number of hydrogen-bond donors (Lipinski definition) is 1. The van der Waals surface area contributed by atoms with Gasteiger partial charge in [-0.25, -0.2) is 4.98 Å². The normalized spacial score (nSPS) is 10.5. The third-order valence-electron chi connectivity index (χ3n) is 2.63. The summed E-state index contributed by atoms with van der Waals surface area (Å²) in [6.07, 6.45) is 2.14. The Hall–Kier alpha value is -1.59. The summed E-state index contributed by atoms with van der Waals surface area (Å²) in [5.41, 5.74) is 0.971. The third kappa shape index (κ3) is 4.51. The highest BCUT2D eigenvalue weighted by atomic mass is 32.1. The van der Waals surface area contributed by atoms with Crippen molar-refractivity contribution in [3.63, 3.8) is 0 Å². The number of ether oxygens (including phenoxy) is 2. The number of nitrogens with zero attached hydrogens (tertiary/aromatic N) is 1. The smallest absolute Gasteiger partial charge is 0.131 e. The Morgan fingerprint density at radius 2 is 1.85 bits per heavy atom. The highest BCUT2D eigenvalue weighted by Gasteiger charge is 2.02. The van der Waals surface area contributed by atoms with Crippen molar-refractivity contribution in [3.8, 4) is 11.5 Å². The van der Waals surface area contributed by atoms with E-state index in [1.165, 1.54) is 5.01 Å². The predicted molar refractivity (Wildman–Crippen MR) is 79.5 cm³/mol. The average molecular weight is 293 g/mol. The maximum atomic E-state index is 8.68. The lowest BCUT2D eigenvalue weighted by atomic mass is 10.3. The van der Waals surface area contributed by atoms with Crippen LogP contribution in [0.4, 0.5) is 0 Å². The standard InChI is InChI=1S/C15H19NO3S/c1-2-3-15-16-12(11-20-15)10-19-14-6-4-13(5-7-14)18-9-8-17/h4-7,11,17H,2-3,8-10H2,1H3. The molecule has 0 aliphatic heterocycles. The summed E-state index contributed by atoms with van der Waals surface area (Å²) < 4.78 is 11.0. The predicted octanol–water partition coefficient (Wildman–Crippen LogP) is 3.05. The van der Waals surface area contributed by atoms with Crippen molar-refractivity contribution >= 4 is 11.3 Å². The lowest BCUT2D eigenvalue weighted by Crippen LogP contribution is -2.01. The Balaban J connectivity index is 1.83. The van der Waals surface area contributed by atoms with Gasteiger partial charge < -0.3 is 14.6 Å². The summed E-state index contributed by atoms with van der Waals surface area (Å²) in [6.45, 7) is 2.95. The first kappa shape index (κ1) is 14.8. The summed E-state index contributed by atoms with van der Waals surface area (Å²) in [7, 11) is 0. The number of aliphatic hydroxyl groups excluding tert-OH is 1. The SMILES string of the molecule is CCCc1nc(COc2ccc(OCCO)cc2)cs1. The largest absolute Gasteiger partial charge is 0.491 e. The van der Waals surface area contributed by atoms with Crippen LogP contribution in [0.15, 0.2) is 29.6 Å². The van der Waals surface area contributed by atoms with Gasteiger partial charge in [0.25, 0.3) is 0 Å². The molecular formula is C15H19NO3S. The van der Waals surface area contributed by atoms with Crippen LogP contribution in [0.3, 0.4) is 0 Å². The summed E-state index contributed by atoms with van der Waals surface area (Å²) in [6, 6.07) is 7.36. The molecule has 0 atom stereocenters. The Bertz CT molecular complexity index is 510. The fourth-order valence-corrected chi connectivity index (χ4v) is 2.58. The Morgan fingerprint density at radius 3 is 2.50 bits per heavy atom. The minimum atomic E-state index is 0.0160. The molecule has 4 nitrogen and oxygen atoms in total. The molecule has 20 heavy (non-hydrogen) atoms. The molecule has 0 bridgehead atoms. The fraction of sp³-hybridized carbons (Fsp3) is 0.400. The van der Waals surface area contributed by atoms with E-state index in [-0.39, 0.29) is 6.61 Å². The highest BCUT2D eigenvalue weighted by Crippen LogP contribution is 2.19. The van der Waals surface area contributed by atoms with E-state index in [1.807, 2.05) is 29.6 Å². The number of aromatic nitrogens is 1. The van der Waals surface area contributed by atoms with E-state index >= 15 is 0 Å². The van der Waals surface area contributed by atoms with Gasteiger partial charge in [0.15, 0.2) is 0 Å². The molecule has 1 aromatic carbocycles. The Morgan fingerprint density at radius 1 is 1.15 bits per heavy atom. The number of rotatable bonds is 8. The molecule has 108 valence electrons. The van der Waals surface area contributed by atoms with Crippen LogP contribution in [-0.2, 0) is 13.0 Å². The third-order valence-corrected chi connectivity index (χ3v) is 3.59. The van der Waals surface area contributed by atoms with Crippen LogP contribution < -0.4 is 9.47 Å². The molecule has 2 aromatic rings. The van der Waals surface area contributed by atoms with Crippen LogP contribution in [0.2, 0.25) is 0 Å². The van der Waals surface area contributed by atoms with Crippen LogP contribution in [0.25, 0.3) is 0 Å². The molecule has 0 spiro atoms. The molecule has 0 aliphatic carbocycles. The lowest BCUT2D eigenvalue weighted by molar-refractivity contribution is 0.201. The minimum absolute atomic E-state index is 0.0160. The van der Waals surface area contributed by atoms with Gasteiger partial charge in [-0.2, -0.15) is 0 Å². The zero-order chi connectivity index (χ0) is 14.2. The van der Waals surface area contributed by atoms with Gasteiger partial charge in [-0.15, -0.1) is 11.3 Å². The van der Waals surface area contributed by atoms with E-state index in [2.05, 4.69) is 11.9 Å². The van der Waals surface area contributed by atoms with Crippen molar-refractivity contribution < 1.29 is 14.6 Å². The maximum absolute atomic E-state index is 8.68.